The maximum absolute atomic E-state index is 6.00. The van der Waals surface area contributed by atoms with Gasteiger partial charge in [0.05, 0.1) is 10.7 Å². The van der Waals surface area contributed by atoms with Crippen LogP contribution in [0.25, 0.3) is 0 Å². The first kappa shape index (κ1) is 10.5. The number of nitrogens with zero attached hydrogens (tertiary/aromatic N) is 1. The van der Waals surface area contributed by atoms with Gasteiger partial charge < -0.3 is 0 Å². The van der Waals surface area contributed by atoms with Crippen molar-refractivity contribution >= 4 is 11.6 Å². The first-order valence-electron chi connectivity index (χ1n) is 4.89. The van der Waals surface area contributed by atoms with Crippen LogP contribution in [-0.4, -0.2) is 4.98 Å². The van der Waals surface area contributed by atoms with E-state index in [2.05, 4.69) is 4.98 Å². The van der Waals surface area contributed by atoms with Crippen LogP contribution >= 0.6 is 11.6 Å². The third kappa shape index (κ3) is 2.70. The van der Waals surface area contributed by atoms with Crippen LogP contribution in [0, 0.1) is 6.92 Å². The molecule has 0 atom stereocenters. The van der Waals surface area contributed by atoms with Crippen LogP contribution in [0.4, 0.5) is 0 Å². The van der Waals surface area contributed by atoms with Crippen molar-refractivity contribution in [2.24, 2.45) is 0 Å². The van der Waals surface area contributed by atoms with E-state index < -0.39 is 0 Å². The molecule has 0 spiro atoms. The molecule has 1 aromatic heterocycles. The summed E-state index contributed by atoms with van der Waals surface area (Å²) in [6, 6.07) is 1.99. The molecule has 1 aliphatic carbocycles. The van der Waals surface area contributed by atoms with Crippen LogP contribution in [-0.2, 0) is 0 Å². The first-order chi connectivity index (χ1) is 6.27. The summed E-state index contributed by atoms with van der Waals surface area (Å²) in [5.74, 6) is 0.656. The summed E-state index contributed by atoms with van der Waals surface area (Å²) in [5.41, 5.74) is 2.23. The van der Waals surface area contributed by atoms with Gasteiger partial charge in [-0.05, 0) is 31.4 Å². The SMILES string of the molecule is CC.Cc1cnc(C2CC2)c(Cl)c1. The Labute approximate surface area is 85.1 Å². The smallest absolute Gasteiger partial charge is 0.0627 e. The van der Waals surface area contributed by atoms with E-state index in [1.165, 1.54) is 12.8 Å². The van der Waals surface area contributed by atoms with Crippen molar-refractivity contribution in [3.63, 3.8) is 0 Å². The molecule has 0 bridgehead atoms. The lowest BCUT2D eigenvalue weighted by molar-refractivity contribution is 1.01. The van der Waals surface area contributed by atoms with Gasteiger partial charge in [0.25, 0.3) is 0 Å². The molecule has 72 valence electrons. The minimum Gasteiger partial charge on any atom is -0.259 e. The Balaban J connectivity index is 0.000000396. The van der Waals surface area contributed by atoms with Crippen molar-refractivity contribution in [1.82, 2.24) is 4.98 Å². The monoisotopic (exact) mass is 197 g/mol. The number of rotatable bonds is 1. The minimum absolute atomic E-state index is 0.656. The quantitative estimate of drug-likeness (QED) is 0.665. The molecule has 0 saturated heterocycles. The van der Waals surface area contributed by atoms with Crippen molar-refractivity contribution in [2.45, 2.75) is 39.5 Å². The van der Waals surface area contributed by atoms with Crippen LogP contribution < -0.4 is 0 Å². The summed E-state index contributed by atoms with van der Waals surface area (Å²) in [4.78, 5) is 4.31. The fourth-order valence-electron chi connectivity index (χ4n) is 1.20. The lowest BCUT2D eigenvalue weighted by Gasteiger charge is -2.00. The normalized spacial score (nSPS) is 14.8. The summed E-state index contributed by atoms with van der Waals surface area (Å²) >= 11 is 6.00. The molecule has 1 heterocycles. The average molecular weight is 198 g/mol. The Morgan fingerprint density at radius 3 is 2.46 bits per heavy atom. The van der Waals surface area contributed by atoms with E-state index in [1.54, 1.807) is 0 Å². The summed E-state index contributed by atoms with van der Waals surface area (Å²) in [6.45, 7) is 6.01. The highest BCUT2D eigenvalue weighted by Crippen LogP contribution is 2.41. The highest BCUT2D eigenvalue weighted by molar-refractivity contribution is 6.31. The Morgan fingerprint density at radius 1 is 1.38 bits per heavy atom. The average Bonchev–Trinajstić information content (AvgIpc) is 2.91. The summed E-state index contributed by atoms with van der Waals surface area (Å²) < 4.78 is 0. The van der Waals surface area contributed by atoms with Crippen LogP contribution in [0.5, 0.6) is 0 Å². The molecule has 0 aliphatic heterocycles. The summed E-state index contributed by atoms with van der Waals surface area (Å²) in [7, 11) is 0. The topological polar surface area (TPSA) is 12.9 Å². The molecule has 2 rings (SSSR count). The van der Waals surface area contributed by atoms with Crippen LogP contribution in [0.15, 0.2) is 12.3 Å². The Hall–Kier alpha value is -0.560. The van der Waals surface area contributed by atoms with E-state index in [4.69, 9.17) is 11.6 Å². The molecule has 0 amide bonds. The molecular formula is C11H16ClN. The van der Waals surface area contributed by atoms with E-state index in [1.807, 2.05) is 33.0 Å². The van der Waals surface area contributed by atoms with Gasteiger partial charge in [-0.2, -0.15) is 0 Å². The Bertz CT molecular complexity index is 279. The van der Waals surface area contributed by atoms with Gasteiger partial charge >= 0.3 is 0 Å². The largest absolute Gasteiger partial charge is 0.259 e. The van der Waals surface area contributed by atoms with E-state index >= 15 is 0 Å². The molecule has 1 fully saturated rings. The van der Waals surface area contributed by atoms with Gasteiger partial charge in [-0.15, -0.1) is 0 Å². The highest BCUT2D eigenvalue weighted by atomic mass is 35.5. The van der Waals surface area contributed by atoms with E-state index in [-0.39, 0.29) is 0 Å². The zero-order valence-electron chi connectivity index (χ0n) is 8.47. The van der Waals surface area contributed by atoms with Gasteiger partial charge in [0.1, 0.15) is 0 Å². The zero-order valence-corrected chi connectivity index (χ0v) is 9.23. The summed E-state index contributed by atoms with van der Waals surface area (Å²) in [5, 5.41) is 0.840. The van der Waals surface area contributed by atoms with Crippen LogP contribution in [0.2, 0.25) is 5.02 Å². The van der Waals surface area contributed by atoms with Crippen LogP contribution in [0.3, 0.4) is 0 Å². The molecule has 0 aromatic carbocycles. The number of aromatic nitrogens is 1. The fourth-order valence-corrected chi connectivity index (χ4v) is 1.58. The van der Waals surface area contributed by atoms with Crippen molar-refractivity contribution in [3.8, 4) is 0 Å². The third-order valence-corrected chi connectivity index (χ3v) is 2.27. The second-order valence-electron chi connectivity index (χ2n) is 3.15. The Morgan fingerprint density at radius 2 is 2.00 bits per heavy atom. The number of hydrogen-bond acceptors (Lipinski definition) is 1. The van der Waals surface area contributed by atoms with Crippen molar-refractivity contribution in [1.29, 1.82) is 0 Å². The van der Waals surface area contributed by atoms with E-state index in [0.29, 0.717) is 5.92 Å². The van der Waals surface area contributed by atoms with Crippen molar-refractivity contribution < 1.29 is 0 Å². The Kier molecular flexibility index (Phi) is 3.73. The minimum atomic E-state index is 0.656. The van der Waals surface area contributed by atoms with Crippen LogP contribution in [0.1, 0.15) is 43.9 Å². The lowest BCUT2D eigenvalue weighted by Crippen LogP contribution is -1.88. The van der Waals surface area contributed by atoms with Gasteiger partial charge in [-0.3, -0.25) is 4.98 Å². The molecule has 1 nitrogen and oxygen atoms in total. The first-order valence-corrected chi connectivity index (χ1v) is 5.27. The number of aryl methyl sites for hydroxylation is 1. The van der Waals surface area contributed by atoms with Crippen molar-refractivity contribution in [2.75, 3.05) is 0 Å². The molecule has 1 aromatic rings. The maximum Gasteiger partial charge on any atom is 0.0627 e. The number of halogens is 1. The van der Waals surface area contributed by atoms with Gasteiger partial charge in [0.15, 0.2) is 0 Å². The van der Waals surface area contributed by atoms with Gasteiger partial charge in [0, 0.05) is 12.1 Å². The molecule has 0 unspecified atom stereocenters. The molecular weight excluding hydrogens is 182 g/mol. The number of pyridine rings is 1. The van der Waals surface area contributed by atoms with Gasteiger partial charge in [-0.25, -0.2) is 0 Å². The molecule has 0 radical (unpaired) electrons. The molecule has 1 aliphatic rings. The second-order valence-corrected chi connectivity index (χ2v) is 3.56. The fraction of sp³-hybridized carbons (Fsp3) is 0.545. The third-order valence-electron chi connectivity index (χ3n) is 1.97. The molecule has 0 N–H and O–H groups in total. The van der Waals surface area contributed by atoms with Gasteiger partial charge in [-0.1, -0.05) is 25.4 Å². The predicted octanol–water partition coefficient (Wildman–Crippen LogP) is 3.95. The van der Waals surface area contributed by atoms with E-state index in [0.717, 1.165) is 16.3 Å². The standard InChI is InChI=1S/C9H10ClN.C2H6/c1-6-4-8(10)9(11-5-6)7-2-3-7;1-2/h4-5,7H,2-3H2,1H3;1-2H3. The zero-order chi connectivity index (χ0) is 9.84. The predicted molar refractivity (Wildman–Crippen MR) is 57.3 cm³/mol. The molecule has 13 heavy (non-hydrogen) atoms. The summed E-state index contributed by atoms with van der Waals surface area (Å²) in [6.07, 6.45) is 4.41. The van der Waals surface area contributed by atoms with E-state index in [9.17, 15) is 0 Å². The maximum atomic E-state index is 6.00. The molecule has 2 heteroatoms. The van der Waals surface area contributed by atoms with Crippen molar-refractivity contribution in [3.05, 3.63) is 28.5 Å². The molecule has 1 saturated carbocycles. The lowest BCUT2D eigenvalue weighted by atomic mass is 10.2. The second kappa shape index (κ2) is 4.61. The van der Waals surface area contributed by atoms with Gasteiger partial charge in [0.2, 0.25) is 0 Å². The number of hydrogen-bond donors (Lipinski definition) is 0. The highest BCUT2D eigenvalue weighted by Gasteiger charge is 2.26.